The van der Waals surface area contributed by atoms with E-state index in [0.29, 0.717) is 30.4 Å². The molecule has 0 radical (unpaired) electrons. The van der Waals surface area contributed by atoms with E-state index >= 15 is 0 Å². The highest BCUT2D eigenvalue weighted by atomic mass is 35.5. The summed E-state index contributed by atoms with van der Waals surface area (Å²) in [6, 6.07) is 15.7. The van der Waals surface area contributed by atoms with E-state index in [0.717, 1.165) is 11.1 Å². The number of phenols is 1. The second-order valence-corrected chi connectivity index (χ2v) is 6.36. The Morgan fingerprint density at radius 3 is 2.59 bits per heavy atom. The first-order valence-corrected chi connectivity index (χ1v) is 8.83. The van der Waals surface area contributed by atoms with Crippen molar-refractivity contribution in [3.63, 3.8) is 0 Å². The minimum Gasteiger partial charge on any atom is -0.508 e. The van der Waals surface area contributed by atoms with Gasteiger partial charge >= 0.3 is 6.03 Å². The average molecular weight is 383 g/mol. The fourth-order valence-electron chi connectivity index (χ4n) is 2.58. The summed E-state index contributed by atoms with van der Waals surface area (Å²) in [6.45, 7) is 0.864. The molecule has 0 fully saturated rings. The van der Waals surface area contributed by atoms with Gasteiger partial charge in [-0.25, -0.2) is 14.8 Å². The summed E-state index contributed by atoms with van der Waals surface area (Å²) in [4.78, 5) is 22.3. The molecule has 3 rings (SSSR count). The molecule has 2 amide bonds. The maximum atomic E-state index is 12.8. The third kappa shape index (κ3) is 5.43. The zero-order valence-electron chi connectivity index (χ0n) is 14.5. The molecule has 0 unspecified atom stereocenters. The lowest BCUT2D eigenvalue weighted by atomic mass is 10.1. The van der Waals surface area contributed by atoms with Crippen LogP contribution in [-0.2, 0) is 13.0 Å². The number of amides is 2. The molecule has 2 aromatic carbocycles. The third-order valence-corrected chi connectivity index (χ3v) is 4.39. The Hall–Kier alpha value is -3.12. The predicted octanol–water partition coefficient (Wildman–Crippen LogP) is 4.11. The molecule has 1 aromatic heterocycles. The molecule has 1 heterocycles. The van der Waals surface area contributed by atoms with Crippen molar-refractivity contribution < 1.29 is 9.90 Å². The minimum absolute atomic E-state index is 0.187. The molecule has 27 heavy (non-hydrogen) atoms. The number of rotatable bonds is 6. The van der Waals surface area contributed by atoms with Crippen molar-refractivity contribution in [2.75, 3.05) is 11.9 Å². The van der Waals surface area contributed by atoms with Gasteiger partial charge in [0.15, 0.2) is 0 Å². The van der Waals surface area contributed by atoms with Crippen LogP contribution in [0.5, 0.6) is 5.75 Å². The van der Waals surface area contributed by atoms with E-state index in [1.165, 1.54) is 6.33 Å². The van der Waals surface area contributed by atoms with Gasteiger partial charge in [0.05, 0.1) is 0 Å². The second kappa shape index (κ2) is 9.00. The quantitative estimate of drug-likeness (QED) is 0.672. The minimum atomic E-state index is -0.270. The van der Waals surface area contributed by atoms with Gasteiger partial charge in [-0.2, -0.15) is 0 Å². The number of phenolic OH excluding ortho intramolecular Hbond substituents is 1. The zero-order chi connectivity index (χ0) is 19.1. The van der Waals surface area contributed by atoms with E-state index < -0.39 is 0 Å². The van der Waals surface area contributed by atoms with Gasteiger partial charge < -0.3 is 10.0 Å². The Labute approximate surface area is 162 Å². The number of benzene rings is 2. The van der Waals surface area contributed by atoms with Crippen molar-refractivity contribution in [2.24, 2.45) is 0 Å². The number of aromatic nitrogens is 2. The van der Waals surface area contributed by atoms with E-state index in [4.69, 9.17) is 11.6 Å². The number of nitrogens with zero attached hydrogens (tertiary/aromatic N) is 3. The second-order valence-electron chi connectivity index (χ2n) is 5.95. The maximum absolute atomic E-state index is 12.8. The average Bonchev–Trinajstić information content (AvgIpc) is 2.68. The molecule has 0 atom stereocenters. The highest BCUT2D eigenvalue weighted by molar-refractivity contribution is 6.31. The van der Waals surface area contributed by atoms with E-state index in [9.17, 15) is 9.90 Å². The van der Waals surface area contributed by atoms with Crippen LogP contribution in [0.3, 0.4) is 0 Å². The van der Waals surface area contributed by atoms with Gasteiger partial charge in [0.2, 0.25) is 0 Å². The van der Waals surface area contributed by atoms with Gasteiger partial charge in [0.25, 0.3) is 0 Å². The number of halogens is 1. The summed E-state index contributed by atoms with van der Waals surface area (Å²) in [5, 5.41) is 12.9. The fraction of sp³-hybridized carbons (Fsp3) is 0.150. The molecule has 3 aromatic rings. The first-order valence-electron chi connectivity index (χ1n) is 8.45. The number of carbonyl (C=O) groups excluding carboxylic acids is 1. The molecule has 0 aliphatic carbocycles. The summed E-state index contributed by atoms with van der Waals surface area (Å²) in [5.41, 5.74) is 1.88. The zero-order valence-corrected chi connectivity index (χ0v) is 15.3. The molecular weight excluding hydrogens is 364 g/mol. The Kier molecular flexibility index (Phi) is 6.22. The highest BCUT2D eigenvalue weighted by Crippen LogP contribution is 2.17. The molecule has 6 nitrogen and oxygen atoms in total. The first-order chi connectivity index (χ1) is 13.1. The molecule has 0 saturated heterocycles. The Morgan fingerprint density at radius 2 is 1.89 bits per heavy atom. The largest absolute Gasteiger partial charge is 0.508 e. The van der Waals surface area contributed by atoms with Gasteiger partial charge in [-0.3, -0.25) is 5.32 Å². The maximum Gasteiger partial charge on any atom is 0.323 e. The van der Waals surface area contributed by atoms with Crippen molar-refractivity contribution in [2.45, 2.75) is 13.0 Å². The van der Waals surface area contributed by atoms with Crippen molar-refractivity contribution in [3.8, 4) is 5.75 Å². The number of aromatic hydroxyl groups is 1. The summed E-state index contributed by atoms with van der Waals surface area (Å²) in [6.07, 6.45) is 3.56. The number of urea groups is 1. The monoisotopic (exact) mass is 382 g/mol. The van der Waals surface area contributed by atoms with Crippen LogP contribution >= 0.6 is 11.6 Å². The lowest BCUT2D eigenvalue weighted by Gasteiger charge is -2.23. The number of hydrogen-bond acceptors (Lipinski definition) is 4. The van der Waals surface area contributed by atoms with Crippen LogP contribution < -0.4 is 5.32 Å². The molecule has 0 aliphatic rings. The van der Waals surface area contributed by atoms with Crippen molar-refractivity contribution in [3.05, 3.63) is 83.3 Å². The van der Waals surface area contributed by atoms with E-state index in [2.05, 4.69) is 15.3 Å². The summed E-state index contributed by atoms with van der Waals surface area (Å²) in [5.74, 6) is 0.621. The number of anilines is 1. The SMILES string of the molecule is O=C(Nc1ccncn1)N(CCc1ccccc1Cl)Cc1ccc(O)cc1. The first kappa shape index (κ1) is 18.7. The lowest BCUT2D eigenvalue weighted by molar-refractivity contribution is 0.209. The molecule has 0 aliphatic heterocycles. The summed E-state index contributed by atoms with van der Waals surface area (Å²) in [7, 11) is 0. The molecule has 7 heteroatoms. The van der Waals surface area contributed by atoms with Crippen molar-refractivity contribution in [1.29, 1.82) is 0 Å². The standard InChI is InChI=1S/C20H19ClN4O2/c21-18-4-2-1-3-16(18)10-12-25(13-15-5-7-17(26)8-6-15)20(27)24-19-9-11-22-14-23-19/h1-9,11,14,26H,10,12-13H2,(H,22,23,24,27). The Bertz CT molecular complexity index is 888. The molecule has 0 spiro atoms. The van der Waals surface area contributed by atoms with Crippen LogP contribution in [0.25, 0.3) is 0 Å². The van der Waals surface area contributed by atoms with E-state index in [1.54, 1.807) is 41.4 Å². The van der Waals surface area contributed by atoms with Crippen LogP contribution in [-0.4, -0.2) is 32.6 Å². The molecule has 0 saturated carbocycles. The number of nitrogens with one attached hydrogen (secondary N) is 1. The summed E-state index contributed by atoms with van der Waals surface area (Å²) < 4.78 is 0. The Balaban J connectivity index is 1.73. The lowest BCUT2D eigenvalue weighted by Crippen LogP contribution is -2.36. The molecule has 0 bridgehead atoms. The van der Waals surface area contributed by atoms with Gasteiger partial charge in [-0.1, -0.05) is 41.9 Å². The Morgan fingerprint density at radius 1 is 1.11 bits per heavy atom. The van der Waals surface area contributed by atoms with Crippen molar-refractivity contribution >= 4 is 23.4 Å². The van der Waals surface area contributed by atoms with Gasteiger partial charge in [0, 0.05) is 24.3 Å². The van der Waals surface area contributed by atoms with Crippen LogP contribution in [0.2, 0.25) is 5.02 Å². The topological polar surface area (TPSA) is 78.4 Å². The van der Waals surface area contributed by atoms with Crippen LogP contribution in [0.1, 0.15) is 11.1 Å². The predicted molar refractivity (Wildman–Crippen MR) is 105 cm³/mol. The smallest absolute Gasteiger partial charge is 0.323 e. The van der Waals surface area contributed by atoms with Crippen molar-refractivity contribution in [1.82, 2.24) is 14.9 Å². The van der Waals surface area contributed by atoms with Gasteiger partial charge in [0.1, 0.15) is 17.9 Å². The normalized spacial score (nSPS) is 10.4. The molecule has 138 valence electrons. The third-order valence-electron chi connectivity index (χ3n) is 4.02. The number of hydrogen-bond donors (Lipinski definition) is 2. The summed E-state index contributed by atoms with van der Waals surface area (Å²) >= 11 is 6.23. The van der Waals surface area contributed by atoms with Crippen LogP contribution in [0, 0.1) is 0 Å². The highest BCUT2D eigenvalue weighted by Gasteiger charge is 2.15. The molecular formula is C20H19ClN4O2. The molecule has 2 N–H and O–H groups in total. The van der Waals surface area contributed by atoms with E-state index in [-0.39, 0.29) is 11.8 Å². The van der Waals surface area contributed by atoms with Crippen LogP contribution in [0.4, 0.5) is 10.6 Å². The van der Waals surface area contributed by atoms with Gasteiger partial charge in [-0.15, -0.1) is 0 Å². The fourth-order valence-corrected chi connectivity index (χ4v) is 2.81. The van der Waals surface area contributed by atoms with Gasteiger partial charge in [-0.05, 0) is 41.8 Å². The van der Waals surface area contributed by atoms with E-state index in [1.807, 2.05) is 24.3 Å². The van der Waals surface area contributed by atoms with Crippen LogP contribution in [0.15, 0.2) is 67.1 Å². The number of carbonyl (C=O) groups is 1.